The summed E-state index contributed by atoms with van der Waals surface area (Å²) >= 11 is 2.36. The van der Waals surface area contributed by atoms with Crippen LogP contribution in [0.2, 0.25) is 0 Å². The molecule has 1 radical (unpaired) electrons. The Kier molecular flexibility index (Phi) is 13.8. The highest BCUT2D eigenvalue weighted by Crippen LogP contribution is 2.30. The highest BCUT2D eigenvalue weighted by atomic mass is 127. The van der Waals surface area contributed by atoms with Crippen LogP contribution >= 0.6 is 22.9 Å². The van der Waals surface area contributed by atoms with E-state index in [4.69, 9.17) is 5.64 Å². The van der Waals surface area contributed by atoms with E-state index in [1.807, 2.05) is 0 Å². The number of nitrogens with zero attached hydrogens (tertiary/aromatic N) is 1. The first-order valence-electron chi connectivity index (χ1n) is 8.36. The maximum Gasteiger partial charge on any atom is 0.320 e. The molecule has 1 atom stereocenters. The monoisotopic (exact) mass is 394 g/mol. The number of rotatable bonds is 14. The van der Waals surface area contributed by atoms with E-state index in [1.54, 1.807) is 0 Å². The lowest BCUT2D eigenvalue weighted by Gasteiger charge is -2.37. The van der Waals surface area contributed by atoms with Gasteiger partial charge < -0.3 is 5.64 Å². The Bertz CT molecular complexity index is 219. The number of nitrogens with one attached hydrogen (secondary N) is 1. The van der Waals surface area contributed by atoms with Gasteiger partial charge in [-0.1, -0.05) is 71.6 Å². The Morgan fingerprint density at radius 2 is 1.40 bits per heavy atom. The highest BCUT2D eigenvalue weighted by molar-refractivity contribution is 14.1. The lowest BCUT2D eigenvalue weighted by atomic mass is 9.88. The first-order valence-corrected chi connectivity index (χ1v) is 9.32. The second-order valence-corrected chi connectivity index (χ2v) is 7.01. The van der Waals surface area contributed by atoms with Crippen molar-refractivity contribution in [2.24, 2.45) is 5.64 Å². The van der Waals surface area contributed by atoms with Crippen LogP contribution in [0.3, 0.4) is 0 Å². The van der Waals surface area contributed by atoms with E-state index in [0.717, 1.165) is 0 Å². The van der Waals surface area contributed by atoms with Gasteiger partial charge in [-0.3, -0.25) is 5.34 Å². The second-order valence-electron chi connectivity index (χ2n) is 6.05. The quantitative estimate of drug-likeness (QED) is 0.147. The van der Waals surface area contributed by atoms with Crippen LogP contribution in [0.15, 0.2) is 0 Å². The molecule has 3 N–H and O–H groups in total. The molecule has 0 fully saturated rings. The van der Waals surface area contributed by atoms with Crippen molar-refractivity contribution in [1.82, 2.24) is 8.56 Å². The summed E-state index contributed by atoms with van der Waals surface area (Å²) in [4.78, 5) is 0. The van der Waals surface area contributed by atoms with Crippen LogP contribution in [0.25, 0.3) is 0 Å². The fourth-order valence-corrected chi connectivity index (χ4v) is 3.23. The minimum absolute atomic E-state index is 0.205. The predicted molar refractivity (Wildman–Crippen MR) is 99.5 cm³/mol. The van der Waals surface area contributed by atoms with Gasteiger partial charge in [-0.2, -0.15) is 3.22 Å². The summed E-state index contributed by atoms with van der Waals surface area (Å²) in [6.45, 7) is 6.90. The molecule has 0 aromatic heterocycles. The molecule has 0 spiro atoms. The summed E-state index contributed by atoms with van der Waals surface area (Å²) in [5.74, 6) is 0. The molecule has 5 heteroatoms. The van der Waals surface area contributed by atoms with Crippen molar-refractivity contribution >= 4 is 30.4 Å². The van der Waals surface area contributed by atoms with E-state index in [0.29, 0.717) is 0 Å². The van der Waals surface area contributed by atoms with E-state index in [2.05, 4.69) is 52.2 Å². The number of halogens is 1. The van der Waals surface area contributed by atoms with Crippen molar-refractivity contribution < 1.29 is 0 Å². The number of hydrazine groups is 1. The van der Waals surface area contributed by atoms with E-state index >= 15 is 0 Å². The first kappa shape index (κ1) is 20.7. The van der Waals surface area contributed by atoms with Crippen LogP contribution in [0, 0.1) is 0 Å². The number of hydrogen-bond acceptors (Lipinski definition) is 3. The average Bonchev–Trinajstić information content (AvgIpc) is 2.44. The van der Waals surface area contributed by atoms with Gasteiger partial charge >= 0.3 is 7.55 Å². The zero-order valence-corrected chi connectivity index (χ0v) is 15.9. The molecule has 0 saturated heterocycles. The minimum Gasteiger partial charge on any atom is -0.359 e. The van der Waals surface area contributed by atoms with Crippen LogP contribution in [-0.2, 0) is 0 Å². The van der Waals surface area contributed by atoms with Crippen LogP contribution in [-0.4, -0.2) is 16.3 Å². The smallest absolute Gasteiger partial charge is 0.320 e. The molecule has 0 rings (SSSR count). The number of hydrogen-bond donors (Lipinski definition) is 2. The summed E-state index contributed by atoms with van der Waals surface area (Å²) < 4.78 is 2.18. The van der Waals surface area contributed by atoms with Crippen molar-refractivity contribution in [2.75, 3.05) is 0 Å². The third kappa shape index (κ3) is 9.58. The average molecular weight is 394 g/mol. The van der Waals surface area contributed by atoms with Gasteiger partial charge in [0.15, 0.2) is 0 Å². The molecule has 0 aromatic rings. The van der Waals surface area contributed by atoms with Gasteiger partial charge in [0.2, 0.25) is 0 Å². The maximum atomic E-state index is 5.51. The van der Waals surface area contributed by atoms with Crippen molar-refractivity contribution in [2.45, 2.75) is 96.9 Å². The standard InChI is InChI=1S/C15H34BIN3/c1-4-6-8-10-12-14-15(3,20(17)19-16-18)13-11-9-7-5-2/h19H,4-14,18H2,1-3H3. The lowest BCUT2D eigenvalue weighted by Crippen LogP contribution is -2.50. The molecule has 0 aliphatic heterocycles. The highest BCUT2D eigenvalue weighted by Gasteiger charge is 2.29. The Hall–Kier alpha value is 0.675. The fraction of sp³-hybridized carbons (Fsp3) is 1.00. The summed E-state index contributed by atoms with van der Waals surface area (Å²) in [7, 11) is 1.54. The third-order valence-corrected chi connectivity index (χ3v) is 5.49. The van der Waals surface area contributed by atoms with Gasteiger partial charge in [-0.15, -0.1) is 0 Å². The van der Waals surface area contributed by atoms with Crippen molar-refractivity contribution in [3.05, 3.63) is 0 Å². The summed E-state index contributed by atoms with van der Waals surface area (Å²) in [6, 6.07) is 0. The Labute approximate surface area is 141 Å². The molecule has 0 aliphatic carbocycles. The SMILES string of the molecule is CCCCCCCC(C)(CCCCCC)N(I)N[B]N. The van der Waals surface area contributed by atoms with E-state index in [-0.39, 0.29) is 5.54 Å². The lowest BCUT2D eigenvalue weighted by molar-refractivity contribution is 0.184. The van der Waals surface area contributed by atoms with E-state index < -0.39 is 0 Å². The molecule has 0 saturated carbocycles. The van der Waals surface area contributed by atoms with E-state index in [9.17, 15) is 0 Å². The van der Waals surface area contributed by atoms with Crippen LogP contribution in [0.5, 0.6) is 0 Å². The minimum atomic E-state index is 0.205. The topological polar surface area (TPSA) is 41.3 Å². The van der Waals surface area contributed by atoms with Gasteiger partial charge in [-0.25, -0.2) is 0 Å². The van der Waals surface area contributed by atoms with Gasteiger partial charge in [0.05, 0.1) is 0 Å². The Morgan fingerprint density at radius 1 is 0.950 bits per heavy atom. The zero-order valence-electron chi connectivity index (χ0n) is 13.8. The molecule has 0 heterocycles. The molecule has 3 nitrogen and oxygen atoms in total. The molecule has 0 amide bonds. The Morgan fingerprint density at radius 3 is 1.85 bits per heavy atom. The largest absolute Gasteiger partial charge is 0.359 e. The summed E-state index contributed by atoms with van der Waals surface area (Å²) in [6.07, 6.45) is 14.5. The molecule has 119 valence electrons. The number of unbranched alkanes of at least 4 members (excludes halogenated alkanes) is 7. The summed E-state index contributed by atoms with van der Waals surface area (Å²) in [5, 5.41) is 3.15. The van der Waals surface area contributed by atoms with Crippen LogP contribution in [0.1, 0.15) is 91.4 Å². The fourth-order valence-electron chi connectivity index (χ4n) is 2.58. The molecule has 1 unspecified atom stereocenters. The molecular weight excluding hydrogens is 360 g/mol. The van der Waals surface area contributed by atoms with Crippen molar-refractivity contribution in [3.8, 4) is 0 Å². The molecule has 0 aliphatic rings. The van der Waals surface area contributed by atoms with Gasteiger partial charge in [0.25, 0.3) is 0 Å². The van der Waals surface area contributed by atoms with Crippen LogP contribution in [0.4, 0.5) is 0 Å². The van der Waals surface area contributed by atoms with Crippen LogP contribution < -0.4 is 11.0 Å². The van der Waals surface area contributed by atoms with Gasteiger partial charge in [-0.05, 0) is 19.8 Å². The second kappa shape index (κ2) is 13.3. The predicted octanol–water partition coefficient (Wildman–Crippen LogP) is 4.73. The molecule has 20 heavy (non-hydrogen) atoms. The molecule has 0 bridgehead atoms. The molecule has 0 aromatic carbocycles. The van der Waals surface area contributed by atoms with Gasteiger partial charge in [0.1, 0.15) is 0 Å². The Balaban J connectivity index is 4.15. The maximum absolute atomic E-state index is 5.51. The van der Waals surface area contributed by atoms with Crippen molar-refractivity contribution in [3.63, 3.8) is 0 Å². The summed E-state index contributed by atoms with van der Waals surface area (Å²) in [5.41, 5.74) is 5.72. The van der Waals surface area contributed by atoms with E-state index in [1.165, 1.54) is 78.2 Å². The first-order chi connectivity index (χ1) is 9.60. The van der Waals surface area contributed by atoms with Crippen molar-refractivity contribution in [1.29, 1.82) is 0 Å². The third-order valence-electron chi connectivity index (χ3n) is 4.05. The zero-order chi connectivity index (χ0) is 15.3. The molecular formula is C15H34BIN3. The normalized spacial score (nSPS) is 14.5. The number of nitrogens with two attached hydrogens (primary N) is 1. The van der Waals surface area contributed by atoms with Gasteiger partial charge in [0, 0.05) is 28.4 Å².